The molecule has 0 atom stereocenters. The Bertz CT molecular complexity index is 1410. The maximum Gasteiger partial charge on any atom is 0.311 e. The molecule has 0 aliphatic rings. The molecule has 0 radical (unpaired) electrons. The summed E-state index contributed by atoms with van der Waals surface area (Å²) in [5.41, 5.74) is 5.50. The van der Waals surface area contributed by atoms with Crippen molar-refractivity contribution in [3.05, 3.63) is 72.1 Å². The van der Waals surface area contributed by atoms with Crippen molar-refractivity contribution in [1.82, 2.24) is 29.6 Å². The van der Waals surface area contributed by atoms with Gasteiger partial charge in [0.25, 0.3) is 0 Å². The van der Waals surface area contributed by atoms with E-state index in [0.717, 1.165) is 22.5 Å². The summed E-state index contributed by atoms with van der Waals surface area (Å²) in [4.78, 5) is 12.0. The van der Waals surface area contributed by atoms with Crippen molar-refractivity contribution < 1.29 is 14.3 Å². The topological polar surface area (TPSA) is 96.4 Å². The molecule has 0 amide bonds. The van der Waals surface area contributed by atoms with Crippen LogP contribution in [0.4, 0.5) is 0 Å². The largest absolute Gasteiger partial charge is 0.469 e. The number of ether oxygens (including phenoxy) is 2. The highest BCUT2D eigenvalue weighted by Crippen LogP contribution is 2.30. The molecular formula is C23H20N6O3. The van der Waals surface area contributed by atoms with Gasteiger partial charge in [-0.3, -0.25) is 4.79 Å². The normalized spacial score (nSPS) is 11.3. The highest BCUT2D eigenvalue weighted by Gasteiger charge is 2.24. The molecule has 0 fully saturated rings. The van der Waals surface area contributed by atoms with E-state index >= 15 is 0 Å². The maximum absolute atomic E-state index is 12.0. The molecule has 9 nitrogen and oxygen atoms in total. The van der Waals surface area contributed by atoms with E-state index in [1.807, 2.05) is 60.7 Å². The first-order chi connectivity index (χ1) is 15.7. The first kappa shape index (κ1) is 19.8. The number of carbonyl (C=O) groups excluding carboxylic acids is 1. The lowest BCUT2D eigenvalue weighted by atomic mass is 10.1. The molecular weight excluding hydrogens is 408 g/mol. The monoisotopic (exact) mass is 428 g/mol. The molecule has 32 heavy (non-hydrogen) atoms. The van der Waals surface area contributed by atoms with Crippen molar-refractivity contribution in [2.75, 3.05) is 14.2 Å². The van der Waals surface area contributed by atoms with Crippen molar-refractivity contribution in [2.45, 2.75) is 13.0 Å². The summed E-state index contributed by atoms with van der Waals surface area (Å²) in [5, 5.41) is 18.4. The average molecular weight is 428 g/mol. The second-order valence-corrected chi connectivity index (χ2v) is 7.18. The van der Waals surface area contributed by atoms with Crippen LogP contribution in [0.1, 0.15) is 11.4 Å². The van der Waals surface area contributed by atoms with Crippen LogP contribution < -0.4 is 0 Å². The van der Waals surface area contributed by atoms with E-state index in [1.54, 1.807) is 16.3 Å². The average Bonchev–Trinajstić information content (AvgIpc) is 3.38. The molecule has 0 aliphatic heterocycles. The second-order valence-electron chi connectivity index (χ2n) is 7.18. The van der Waals surface area contributed by atoms with E-state index in [4.69, 9.17) is 14.6 Å². The van der Waals surface area contributed by atoms with Gasteiger partial charge in [-0.2, -0.15) is 14.7 Å². The summed E-state index contributed by atoms with van der Waals surface area (Å²) in [7, 11) is 2.97. The quantitative estimate of drug-likeness (QED) is 0.384. The molecule has 0 saturated heterocycles. The number of carbonyl (C=O) groups is 1. The van der Waals surface area contributed by atoms with Gasteiger partial charge in [-0.25, -0.2) is 4.68 Å². The molecule has 0 N–H and O–H groups in total. The Labute approximate surface area is 183 Å². The molecule has 5 rings (SSSR count). The zero-order chi connectivity index (χ0) is 22.1. The van der Waals surface area contributed by atoms with Crippen LogP contribution in [-0.2, 0) is 27.3 Å². The van der Waals surface area contributed by atoms with E-state index < -0.39 is 5.97 Å². The Balaban J connectivity index is 1.85. The summed E-state index contributed by atoms with van der Waals surface area (Å²) >= 11 is 0. The lowest BCUT2D eigenvalue weighted by molar-refractivity contribution is -0.139. The fourth-order valence-electron chi connectivity index (χ4n) is 3.74. The van der Waals surface area contributed by atoms with Crippen LogP contribution in [0.15, 0.2) is 60.7 Å². The summed E-state index contributed by atoms with van der Waals surface area (Å²) in [6.07, 6.45) is -0.0231. The van der Waals surface area contributed by atoms with E-state index in [-0.39, 0.29) is 6.42 Å². The zero-order valence-corrected chi connectivity index (χ0v) is 17.6. The van der Waals surface area contributed by atoms with Gasteiger partial charge in [0.1, 0.15) is 5.69 Å². The van der Waals surface area contributed by atoms with Gasteiger partial charge in [-0.05, 0) is 17.7 Å². The summed E-state index contributed by atoms with van der Waals surface area (Å²) in [5.74, 6) is -0.406. The predicted octanol–water partition coefficient (Wildman–Crippen LogP) is 2.99. The smallest absolute Gasteiger partial charge is 0.311 e. The van der Waals surface area contributed by atoms with Crippen molar-refractivity contribution in [3.8, 4) is 16.8 Å². The van der Waals surface area contributed by atoms with Crippen molar-refractivity contribution in [2.24, 2.45) is 0 Å². The lowest BCUT2D eigenvalue weighted by Gasteiger charge is -2.04. The van der Waals surface area contributed by atoms with Gasteiger partial charge in [-0.1, -0.05) is 48.5 Å². The van der Waals surface area contributed by atoms with E-state index in [1.165, 1.54) is 7.11 Å². The van der Waals surface area contributed by atoms with Gasteiger partial charge in [0.15, 0.2) is 16.8 Å². The molecule has 0 unspecified atom stereocenters. The van der Waals surface area contributed by atoms with Crippen LogP contribution in [0.2, 0.25) is 0 Å². The molecule has 9 heteroatoms. The number of para-hydroxylation sites is 1. The minimum atomic E-state index is -0.406. The Hall–Kier alpha value is -4.11. The molecule has 3 aromatic heterocycles. The molecule has 3 heterocycles. The van der Waals surface area contributed by atoms with Gasteiger partial charge in [0.2, 0.25) is 0 Å². The van der Waals surface area contributed by atoms with Gasteiger partial charge in [0, 0.05) is 7.11 Å². The number of nitrogens with zero attached hydrogens (tertiary/aromatic N) is 6. The third kappa shape index (κ3) is 3.28. The fourth-order valence-corrected chi connectivity index (χ4v) is 3.74. The third-order valence-corrected chi connectivity index (χ3v) is 5.17. The van der Waals surface area contributed by atoms with Crippen LogP contribution in [0.3, 0.4) is 0 Å². The van der Waals surface area contributed by atoms with Crippen molar-refractivity contribution in [1.29, 1.82) is 0 Å². The number of fused-ring (bicyclic) bond motifs is 3. The molecule has 5 aromatic rings. The van der Waals surface area contributed by atoms with Crippen molar-refractivity contribution >= 4 is 22.8 Å². The summed E-state index contributed by atoms with van der Waals surface area (Å²) < 4.78 is 13.7. The Morgan fingerprint density at radius 1 is 0.906 bits per heavy atom. The van der Waals surface area contributed by atoms with Gasteiger partial charge in [-0.15, -0.1) is 10.2 Å². The first-order valence-electron chi connectivity index (χ1n) is 10.0. The van der Waals surface area contributed by atoms with Gasteiger partial charge < -0.3 is 9.47 Å². The number of hydrogen-bond acceptors (Lipinski definition) is 7. The van der Waals surface area contributed by atoms with Crippen molar-refractivity contribution in [3.63, 3.8) is 0 Å². The SMILES string of the molecule is COCc1nn2c(nnc3c(CC(=O)OC)nn(-c4ccccc4)c32)c1-c1ccccc1. The fraction of sp³-hybridized carbons (Fsp3) is 0.174. The molecule has 2 aromatic carbocycles. The molecule has 0 aliphatic carbocycles. The van der Waals surface area contributed by atoms with Crippen LogP contribution in [0, 0.1) is 0 Å². The molecule has 0 spiro atoms. The standard InChI is InChI=1S/C23H20N6O3/c1-31-14-18-20(15-9-5-3-6-10-15)22-25-24-21-17(13-19(30)32-2)26-28(23(21)29(22)27-18)16-11-7-4-8-12-16/h3-12H,13-14H2,1-2H3. The third-order valence-electron chi connectivity index (χ3n) is 5.17. The highest BCUT2D eigenvalue weighted by molar-refractivity contribution is 5.87. The van der Waals surface area contributed by atoms with E-state index in [2.05, 4.69) is 15.3 Å². The predicted molar refractivity (Wildman–Crippen MR) is 117 cm³/mol. The van der Waals surface area contributed by atoms with Crippen LogP contribution in [0.25, 0.3) is 33.6 Å². The molecule has 0 bridgehead atoms. The van der Waals surface area contributed by atoms with Crippen LogP contribution >= 0.6 is 0 Å². The van der Waals surface area contributed by atoms with Gasteiger partial charge in [0.05, 0.1) is 37.1 Å². The van der Waals surface area contributed by atoms with Crippen LogP contribution in [-0.4, -0.2) is 49.8 Å². The maximum atomic E-state index is 12.0. The number of rotatable bonds is 6. The lowest BCUT2D eigenvalue weighted by Crippen LogP contribution is -2.06. The Morgan fingerprint density at radius 3 is 2.31 bits per heavy atom. The Morgan fingerprint density at radius 2 is 1.62 bits per heavy atom. The first-order valence-corrected chi connectivity index (χ1v) is 10.0. The number of hydrogen-bond donors (Lipinski definition) is 0. The number of esters is 1. The summed E-state index contributed by atoms with van der Waals surface area (Å²) in [6.45, 7) is 0.309. The summed E-state index contributed by atoms with van der Waals surface area (Å²) in [6, 6.07) is 19.5. The number of methoxy groups -OCH3 is 2. The van der Waals surface area contributed by atoms with Crippen LogP contribution in [0.5, 0.6) is 0 Å². The van der Waals surface area contributed by atoms with E-state index in [0.29, 0.717) is 29.1 Å². The van der Waals surface area contributed by atoms with E-state index in [9.17, 15) is 4.79 Å². The zero-order valence-electron chi connectivity index (χ0n) is 17.6. The minimum absolute atomic E-state index is 0.0231. The number of benzene rings is 2. The molecule has 160 valence electrons. The highest BCUT2D eigenvalue weighted by atomic mass is 16.5. The van der Waals surface area contributed by atoms with Gasteiger partial charge >= 0.3 is 5.97 Å². The number of aromatic nitrogens is 6. The minimum Gasteiger partial charge on any atom is -0.469 e. The molecule has 0 saturated carbocycles. The Kier molecular flexibility index (Phi) is 5.08. The second kappa shape index (κ2) is 8.20.